The Labute approximate surface area is 200 Å². The van der Waals surface area contributed by atoms with Crippen molar-refractivity contribution in [1.29, 1.82) is 0 Å². The number of aromatic nitrogens is 2. The Kier molecular flexibility index (Phi) is 6.59. The second kappa shape index (κ2) is 9.30. The molecule has 1 heterocycles. The quantitative estimate of drug-likeness (QED) is 0.397. The van der Waals surface area contributed by atoms with Crippen LogP contribution < -0.4 is 15.8 Å². The number of hydrogen-bond donors (Lipinski definition) is 4. The van der Waals surface area contributed by atoms with Gasteiger partial charge in [-0.05, 0) is 25.2 Å². The zero-order chi connectivity index (χ0) is 24.6. The molecule has 5 N–H and O–H groups in total. The molecule has 9 nitrogen and oxygen atoms in total. The average Bonchev–Trinajstić information content (AvgIpc) is 3.12. The molecule has 0 radical (unpaired) electrons. The van der Waals surface area contributed by atoms with E-state index in [2.05, 4.69) is 15.3 Å². The molecule has 0 bridgehead atoms. The van der Waals surface area contributed by atoms with Gasteiger partial charge in [-0.25, -0.2) is 14.4 Å². The molecule has 1 fully saturated rings. The molecular formula is C23H25ClFN5O4. The van der Waals surface area contributed by atoms with E-state index in [-0.39, 0.29) is 30.1 Å². The number of nitrogens with two attached hydrogens (primary N) is 1. The fourth-order valence-corrected chi connectivity index (χ4v) is 4.60. The molecule has 2 aromatic carbocycles. The van der Waals surface area contributed by atoms with Crippen molar-refractivity contribution in [2.75, 3.05) is 19.5 Å². The molecule has 1 saturated carbocycles. The third kappa shape index (κ3) is 4.25. The van der Waals surface area contributed by atoms with Crippen LogP contribution in [0.25, 0.3) is 10.9 Å². The molecule has 34 heavy (non-hydrogen) atoms. The molecule has 1 aliphatic carbocycles. The van der Waals surface area contributed by atoms with Crippen LogP contribution in [0, 0.1) is 5.82 Å². The number of nitrogens with zero attached hydrogens (tertiary/aromatic N) is 3. The van der Waals surface area contributed by atoms with Crippen molar-refractivity contribution in [3.63, 3.8) is 0 Å². The Morgan fingerprint density at radius 1 is 1.32 bits per heavy atom. The lowest BCUT2D eigenvalue weighted by molar-refractivity contribution is -0.130. The number of ether oxygens (including phenoxy) is 1. The van der Waals surface area contributed by atoms with Gasteiger partial charge in [0, 0.05) is 36.4 Å². The van der Waals surface area contributed by atoms with Gasteiger partial charge in [0.15, 0.2) is 5.82 Å². The second-order valence-corrected chi connectivity index (χ2v) is 8.83. The molecule has 1 aromatic heterocycles. The van der Waals surface area contributed by atoms with Crippen LogP contribution in [0.2, 0.25) is 5.02 Å². The van der Waals surface area contributed by atoms with E-state index in [0.717, 1.165) is 0 Å². The molecule has 3 atom stereocenters. The summed E-state index contributed by atoms with van der Waals surface area (Å²) < 4.78 is 20.0. The average molecular weight is 490 g/mol. The standard InChI is InChI=1S/C23H25ClFN5O4/c1-30(23(22(26)33)8-17(31)18(32)9-23)10-12-6-13-16(7-19(12)34-2)27-11-28-21(13)29-15-5-3-4-14(24)20(15)25/h3-7,11,17-18,31-32H,8-10H2,1-2H3,(H2,26,33)(H,27,28,29)/t17-,18+,23+. The molecule has 0 unspecified atom stereocenters. The first kappa shape index (κ1) is 24.1. The molecule has 11 heteroatoms. The summed E-state index contributed by atoms with van der Waals surface area (Å²) in [4.78, 5) is 22.6. The van der Waals surface area contributed by atoms with Crippen molar-refractivity contribution >= 4 is 39.9 Å². The zero-order valence-corrected chi connectivity index (χ0v) is 19.4. The van der Waals surface area contributed by atoms with Crippen molar-refractivity contribution < 1.29 is 24.1 Å². The maximum absolute atomic E-state index is 14.5. The number of aliphatic hydroxyl groups excluding tert-OH is 2. The lowest BCUT2D eigenvalue weighted by Crippen LogP contribution is -2.54. The van der Waals surface area contributed by atoms with E-state index < -0.39 is 29.5 Å². The number of carbonyl (C=O) groups is 1. The first-order valence-electron chi connectivity index (χ1n) is 10.6. The number of methoxy groups -OCH3 is 1. The molecular weight excluding hydrogens is 465 g/mol. The van der Waals surface area contributed by atoms with E-state index in [0.29, 0.717) is 28.0 Å². The Morgan fingerprint density at radius 3 is 2.68 bits per heavy atom. The molecule has 180 valence electrons. The van der Waals surface area contributed by atoms with Gasteiger partial charge in [0.2, 0.25) is 5.91 Å². The third-order valence-corrected chi connectivity index (χ3v) is 6.67. The van der Waals surface area contributed by atoms with Crippen LogP contribution in [-0.4, -0.2) is 62.9 Å². The smallest absolute Gasteiger partial charge is 0.238 e. The van der Waals surface area contributed by atoms with Crippen molar-refractivity contribution in [3.8, 4) is 5.75 Å². The van der Waals surface area contributed by atoms with Gasteiger partial charge in [-0.2, -0.15) is 0 Å². The van der Waals surface area contributed by atoms with Crippen LogP contribution in [0.4, 0.5) is 15.9 Å². The number of carbonyl (C=O) groups excluding carboxylic acids is 1. The number of likely N-dealkylation sites (N-methyl/N-ethyl adjacent to an activating group) is 1. The van der Waals surface area contributed by atoms with E-state index in [1.54, 1.807) is 36.2 Å². The lowest BCUT2D eigenvalue weighted by Gasteiger charge is -2.36. The highest BCUT2D eigenvalue weighted by Crippen LogP contribution is 2.38. The van der Waals surface area contributed by atoms with Gasteiger partial charge in [-0.15, -0.1) is 0 Å². The van der Waals surface area contributed by atoms with Gasteiger partial charge in [0.25, 0.3) is 0 Å². The second-order valence-electron chi connectivity index (χ2n) is 8.42. The monoisotopic (exact) mass is 489 g/mol. The van der Waals surface area contributed by atoms with Gasteiger partial charge in [0.1, 0.15) is 23.4 Å². The highest BCUT2D eigenvalue weighted by atomic mass is 35.5. The molecule has 0 saturated heterocycles. The molecule has 0 aliphatic heterocycles. The number of rotatable bonds is 7. The van der Waals surface area contributed by atoms with Crippen molar-refractivity contribution in [3.05, 3.63) is 53.1 Å². The number of amides is 1. The largest absolute Gasteiger partial charge is 0.496 e. The summed E-state index contributed by atoms with van der Waals surface area (Å²) in [5.41, 5.74) is 5.86. The lowest BCUT2D eigenvalue weighted by atomic mass is 9.93. The van der Waals surface area contributed by atoms with E-state index in [1.165, 1.54) is 19.5 Å². The zero-order valence-electron chi connectivity index (χ0n) is 18.6. The van der Waals surface area contributed by atoms with Gasteiger partial charge < -0.3 is 26.0 Å². The number of primary amides is 1. The van der Waals surface area contributed by atoms with Gasteiger partial charge in [0.05, 0.1) is 35.5 Å². The van der Waals surface area contributed by atoms with Crippen LogP contribution >= 0.6 is 11.6 Å². The Bertz CT molecular complexity index is 1230. The fourth-order valence-electron chi connectivity index (χ4n) is 4.43. The summed E-state index contributed by atoms with van der Waals surface area (Å²) in [6.07, 6.45) is -0.725. The van der Waals surface area contributed by atoms with Crippen LogP contribution in [-0.2, 0) is 11.3 Å². The number of benzene rings is 2. The van der Waals surface area contributed by atoms with Crippen molar-refractivity contribution in [2.24, 2.45) is 5.73 Å². The van der Waals surface area contributed by atoms with Gasteiger partial charge in [-0.3, -0.25) is 9.69 Å². The fraction of sp³-hybridized carbons (Fsp3) is 0.348. The van der Waals surface area contributed by atoms with Crippen LogP contribution in [0.1, 0.15) is 18.4 Å². The van der Waals surface area contributed by atoms with Crippen molar-refractivity contribution in [2.45, 2.75) is 37.1 Å². The first-order valence-corrected chi connectivity index (χ1v) is 10.9. The van der Waals surface area contributed by atoms with E-state index in [1.807, 2.05) is 0 Å². The third-order valence-electron chi connectivity index (χ3n) is 6.38. The van der Waals surface area contributed by atoms with E-state index >= 15 is 0 Å². The van der Waals surface area contributed by atoms with Gasteiger partial charge in [-0.1, -0.05) is 17.7 Å². The highest BCUT2D eigenvalue weighted by Gasteiger charge is 2.51. The van der Waals surface area contributed by atoms with Gasteiger partial charge >= 0.3 is 0 Å². The number of anilines is 2. The first-order chi connectivity index (χ1) is 16.2. The normalized spacial score (nSPS) is 22.3. The number of fused-ring (bicyclic) bond motifs is 1. The minimum Gasteiger partial charge on any atom is -0.496 e. The Balaban J connectivity index is 1.73. The number of halogens is 2. The maximum Gasteiger partial charge on any atom is 0.238 e. The highest BCUT2D eigenvalue weighted by molar-refractivity contribution is 6.31. The minimum atomic E-state index is -1.23. The predicted octanol–water partition coefficient (Wildman–Crippen LogP) is 2.35. The topological polar surface area (TPSA) is 134 Å². The maximum atomic E-state index is 14.5. The SMILES string of the molecule is COc1cc2ncnc(Nc3cccc(Cl)c3F)c2cc1CN(C)[C@@]1(C(N)=O)C[C@@H](O)[C@@H](O)C1. The summed E-state index contributed by atoms with van der Waals surface area (Å²) in [7, 11) is 3.21. The molecule has 1 aliphatic rings. The summed E-state index contributed by atoms with van der Waals surface area (Å²) in [6, 6.07) is 8.11. The minimum absolute atomic E-state index is 0.0137. The van der Waals surface area contributed by atoms with E-state index in [4.69, 9.17) is 22.1 Å². The molecule has 3 aromatic rings. The molecule has 1 amide bonds. The summed E-state index contributed by atoms with van der Waals surface area (Å²) in [6.45, 7) is 0.210. The van der Waals surface area contributed by atoms with E-state index in [9.17, 15) is 19.4 Å². The van der Waals surface area contributed by atoms with Crippen LogP contribution in [0.3, 0.4) is 0 Å². The number of nitrogens with one attached hydrogen (secondary N) is 1. The summed E-state index contributed by atoms with van der Waals surface area (Å²) in [5, 5.41) is 23.7. The predicted molar refractivity (Wildman–Crippen MR) is 125 cm³/mol. The number of aliphatic hydroxyl groups is 2. The molecule has 0 spiro atoms. The Morgan fingerprint density at radius 2 is 2.03 bits per heavy atom. The summed E-state index contributed by atoms with van der Waals surface area (Å²) in [5.74, 6) is -0.371. The molecule has 4 rings (SSSR count). The summed E-state index contributed by atoms with van der Waals surface area (Å²) >= 11 is 5.90. The number of hydrogen-bond acceptors (Lipinski definition) is 8. The van der Waals surface area contributed by atoms with Crippen LogP contribution in [0.5, 0.6) is 5.75 Å². The van der Waals surface area contributed by atoms with Crippen molar-refractivity contribution in [1.82, 2.24) is 14.9 Å². The Hall–Kier alpha value is -3.05. The van der Waals surface area contributed by atoms with Crippen LogP contribution in [0.15, 0.2) is 36.7 Å².